The second-order valence-electron chi connectivity index (χ2n) is 21.8. The Labute approximate surface area is 540 Å². The lowest BCUT2D eigenvalue weighted by Crippen LogP contribution is -2.28. The molecule has 0 amide bonds. The highest BCUT2D eigenvalue weighted by Gasteiger charge is 2.16. The minimum atomic E-state index is -0.811. The molecule has 0 spiro atoms. The van der Waals surface area contributed by atoms with Crippen molar-refractivity contribution in [2.24, 2.45) is 0 Å². The van der Waals surface area contributed by atoms with E-state index in [1.54, 1.807) is 0 Å². The fraction of sp³-hybridized carbons (Fsp3) is 0.494. The van der Waals surface area contributed by atoms with Crippen LogP contribution in [0.5, 0.6) is 0 Å². The lowest BCUT2D eigenvalue weighted by molar-refractivity contribution is -0.161. The van der Waals surface area contributed by atoms with Gasteiger partial charge in [-0.3, -0.25) is 9.59 Å². The Morgan fingerprint density at radius 1 is 0.261 bits per heavy atom. The Balaban J connectivity index is 3.69. The first-order valence-corrected chi connectivity index (χ1v) is 34.6. The van der Waals surface area contributed by atoms with E-state index in [4.69, 9.17) is 9.47 Å². The van der Waals surface area contributed by atoms with Crippen LogP contribution < -0.4 is 0 Å². The number of hydrogen-bond acceptors (Lipinski definition) is 5. The van der Waals surface area contributed by atoms with Crippen molar-refractivity contribution in [3.8, 4) is 0 Å². The van der Waals surface area contributed by atoms with Crippen molar-refractivity contribution in [2.45, 2.75) is 251 Å². The molecular weight excluding hydrogens is 1080 g/mol. The fourth-order valence-electron chi connectivity index (χ4n) is 8.55. The first-order chi connectivity index (χ1) is 43.6. The summed E-state index contributed by atoms with van der Waals surface area (Å²) in [6.45, 7) is 3.87. The van der Waals surface area contributed by atoms with Crippen LogP contribution in [0.4, 0.5) is 0 Å². The van der Waals surface area contributed by atoms with E-state index >= 15 is 0 Å². The zero-order chi connectivity index (χ0) is 63.3. The zero-order valence-corrected chi connectivity index (χ0v) is 55.6. The van der Waals surface area contributed by atoms with Gasteiger partial charge >= 0.3 is 11.9 Å². The number of carbonyl (C=O) groups is 2. The van der Waals surface area contributed by atoms with Crippen molar-refractivity contribution in [1.82, 2.24) is 0 Å². The number of rotatable bonds is 60. The van der Waals surface area contributed by atoms with Gasteiger partial charge in [0.1, 0.15) is 6.61 Å². The summed E-state index contributed by atoms with van der Waals surface area (Å²) in [5.41, 5.74) is 0. The van der Waals surface area contributed by atoms with Gasteiger partial charge in [0.15, 0.2) is 6.10 Å². The van der Waals surface area contributed by atoms with Gasteiger partial charge in [-0.25, -0.2) is 0 Å². The van der Waals surface area contributed by atoms with Crippen molar-refractivity contribution in [3.05, 3.63) is 243 Å². The summed E-state index contributed by atoms with van der Waals surface area (Å²) in [6.07, 6.45) is 124. The highest BCUT2D eigenvalue weighted by molar-refractivity contribution is 5.70. The minimum Gasteiger partial charge on any atom is -0.462 e. The molecule has 0 rings (SSSR count). The standard InChI is InChI=1S/C83H124O5/c1-3-5-7-9-11-13-15-17-19-21-23-25-27-29-31-33-35-37-38-39-40-41-42-43-44-46-48-50-52-54-56-58-60-62-64-66-68-70-72-74-76-78-83(86)88-81(79-84)80-87-82(85)77-75-73-71-69-67-65-63-61-59-57-55-53-51-49-47-45-36-34-32-30-28-26-24-22-20-18-16-14-12-10-8-6-4-2/h5-8,11-14,17-20,23-26,29-32,35-37,39-40,42-43,45-46,48-49,51-52,54-55,57-58,60,64,66,81,84H,3-4,9-10,15-16,21-22,27-28,33-34,38,41,44,47,50,53,56,59,61-63,65,67-80H2,1-2H3/b7-5-,8-6-,13-11-,14-12-,19-17-,20-18-,25-23-,26-24-,31-29-,32-30-,37-35-,40-39-,43-42-,45-36-,48-46-,51-49-,54-52-,57-55-,60-58-,66-64-. The number of esters is 2. The zero-order valence-electron chi connectivity index (χ0n) is 55.6. The van der Waals surface area contributed by atoms with Crippen LogP contribution in [0.1, 0.15) is 245 Å². The summed E-state index contributed by atoms with van der Waals surface area (Å²) in [5.74, 6) is -0.648. The molecule has 5 heteroatoms. The lowest BCUT2D eigenvalue weighted by Gasteiger charge is -2.15. The third kappa shape index (κ3) is 72.2. The molecule has 1 N–H and O–H groups in total. The van der Waals surface area contributed by atoms with E-state index in [1.165, 1.54) is 32.1 Å². The van der Waals surface area contributed by atoms with Gasteiger partial charge in [0.05, 0.1) is 6.61 Å². The molecule has 0 aromatic carbocycles. The number of aliphatic hydroxyl groups excluding tert-OH is 1. The molecule has 0 heterocycles. The molecule has 1 atom stereocenters. The molecule has 5 nitrogen and oxygen atoms in total. The quantitative estimate of drug-likeness (QED) is 0.0373. The van der Waals surface area contributed by atoms with Crippen molar-refractivity contribution in [1.29, 1.82) is 0 Å². The topological polar surface area (TPSA) is 72.8 Å². The predicted molar refractivity (Wildman–Crippen MR) is 388 cm³/mol. The van der Waals surface area contributed by atoms with Crippen molar-refractivity contribution >= 4 is 11.9 Å². The molecule has 0 saturated heterocycles. The van der Waals surface area contributed by atoms with Crippen LogP contribution in [-0.2, 0) is 19.1 Å². The molecule has 1 unspecified atom stereocenters. The number of hydrogen-bond donors (Lipinski definition) is 1. The van der Waals surface area contributed by atoms with E-state index in [1.807, 2.05) is 0 Å². The van der Waals surface area contributed by atoms with Gasteiger partial charge in [0.25, 0.3) is 0 Å². The molecule has 0 aliphatic heterocycles. The van der Waals surface area contributed by atoms with Crippen LogP contribution in [0.25, 0.3) is 0 Å². The number of aliphatic hydroxyl groups is 1. The maximum Gasteiger partial charge on any atom is 0.306 e. The normalized spacial score (nSPS) is 13.8. The number of carbonyl (C=O) groups excluding carboxylic acids is 2. The van der Waals surface area contributed by atoms with Crippen LogP contribution in [0.2, 0.25) is 0 Å². The summed E-state index contributed by atoms with van der Waals surface area (Å²) in [7, 11) is 0. The maximum atomic E-state index is 12.4. The van der Waals surface area contributed by atoms with E-state index in [-0.39, 0.29) is 25.2 Å². The lowest BCUT2D eigenvalue weighted by atomic mass is 10.1. The highest BCUT2D eigenvalue weighted by Crippen LogP contribution is 2.13. The largest absolute Gasteiger partial charge is 0.462 e. The maximum absolute atomic E-state index is 12.4. The van der Waals surface area contributed by atoms with E-state index in [2.05, 4.69) is 257 Å². The van der Waals surface area contributed by atoms with Crippen LogP contribution >= 0.6 is 0 Å². The summed E-state index contributed by atoms with van der Waals surface area (Å²) in [4.78, 5) is 24.6. The molecule has 0 saturated carbocycles. The molecule has 0 aliphatic carbocycles. The Morgan fingerprint density at radius 2 is 0.455 bits per heavy atom. The van der Waals surface area contributed by atoms with Gasteiger partial charge in [-0.05, 0) is 167 Å². The monoisotopic (exact) mass is 1200 g/mol. The fourth-order valence-corrected chi connectivity index (χ4v) is 8.55. The summed E-state index contributed by atoms with van der Waals surface area (Å²) >= 11 is 0. The predicted octanol–water partition coefficient (Wildman–Crippen LogP) is 24.6. The van der Waals surface area contributed by atoms with Crippen molar-refractivity contribution in [3.63, 3.8) is 0 Å². The van der Waals surface area contributed by atoms with Crippen molar-refractivity contribution in [2.75, 3.05) is 13.2 Å². The second-order valence-corrected chi connectivity index (χ2v) is 21.8. The molecule has 88 heavy (non-hydrogen) atoms. The molecular formula is C83H124O5. The van der Waals surface area contributed by atoms with Crippen LogP contribution in [0, 0.1) is 0 Å². The first-order valence-electron chi connectivity index (χ1n) is 34.6. The average molecular weight is 1200 g/mol. The van der Waals surface area contributed by atoms with Gasteiger partial charge < -0.3 is 14.6 Å². The molecule has 0 fully saturated rings. The van der Waals surface area contributed by atoms with Gasteiger partial charge in [-0.1, -0.05) is 308 Å². The molecule has 0 aromatic rings. The molecule has 0 bridgehead atoms. The molecule has 0 aromatic heterocycles. The summed E-state index contributed by atoms with van der Waals surface area (Å²) < 4.78 is 10.7. The Morgan fingerprint density at radius 3 is 0.682 bits per heavy atom. The number of ether oxygens (including phenoxy) is 2. The number of allylic oxidation sites excluding steroid dienone is 40. The Bertz CT molecular complexity index is 2200. The molecule has 0 aliphatic rings. The Kier molecular flexibility index (Phi) is 69.6. The van der Waals surface area contributed by atoms with E-state index in [0.29, 0.717) is 12.8 Å². The third-order valence-electron chi connectivity index (χ3n) is 13.6. The van der Waals surface area contributed by atoms with Crippen LogP contribution in [-0.4, -0.2) is 36.4 Å². The minimum absolute atomic E-state index is 0.0975. The van der Waals surface area contributed by atoms with Gasteiger partial charge in [0, 0.05) is 12.8 Å². The Hall–Kier alpha value is -6.30. The van der Waals surface area contributed by atoms with Gasteiger partial charge in [-0.2, -0.15) is 0 Å². The average Bonchev–Trinajstić information content (AvgIpc) is 3.56. The van der Waals surface area contributed by atoms with Crippen molar-refractivity contribution < 1.29 is 24.2 Å². The highest BCUT2D eigenvalue weighted by atomic mass is 16.6. The van der Waals surface area contributed by atoms with Crippen LogP contribution in [0.15, 0.2) is 243 Å². The SMILES string of the molecule is CC/C=C\C/C=C\C/C=C\C/C=C\C/C=C\C/C=C\C/C=C\C/C=C\C/C=C\C/C=C\C/C=C\C/C=C\CCCCCCC(=O)OC(CO)COC(=O)CCCCCCCCCC/C=C\C/C=C\C/C=C\C/C=C\C/C=C\C/C=C\C/C=C\C/C=C\CC. The molecule has 0 radical (unpaired) electrons. The van der Waals surface area contributed by atoms with E-state index < -0.39 is 6.10 Å². The number of unbranched alkanes of at least 4 members (excludes halogenated alkanes) is 12. The van der Waals surface area contributed by atoms with Gasteiger partial charge in [-0.15, -0.1) is 0 Å². The van der Waals surface area contributed by atoms with Crippen LogP contribution in [0.3, 0.4) is 0 Å². The smallest absolute Gasteiger partial charge is 0.306 e. The summed E-state index contributed by atoms with van der Waals surface area (Å²) in [5, 5.41) is 9.70. The third-order valence-corrected chi connectivity index (χ3v) is 13.6. The second kappa shape index (κ2) is 75.0. The van der Waals surface area contributed by atoms with E-state index in [9.17, 15) is 14.7 Å². The van der Waals surface area contributed by atoms with Gasteiger partial charge in [0.2, 0.25) is 0 Å². The molecule has 486 valence electrons. The summed E-state index contributed by atoms with van der Waals surface area (Å²) in [6, 6.07) is 0. The first kappa shape index (κ1) is 81.7. The van der Waals surface area contributed by atoms with E-state index in [0.717, 1.165) is 186 Å².